The Morgan fingerprint density at radius 1 is 1.28 bits per heavy atom. The minimum Gasteiger partial charge on any atom is -0.319 e. The molecule has 152 valence electrons. The van der Waals surface area contributed by atoms with Crippen LogP contribution in [0, 0.1) is 0 Å². The first-order valence-electron chi connectivity index (χ1n) is 9.38. The molecular weight excluding hydrogens is 408 g/mol. The number of rotatable bonds is 5. The standard InChI is InChI=1S/C20H22N4O3S2/c1-3-23-18-9-8-15(29(21,26)27)12-16(18)22-20(23)28-13(2)19(25)24-11-10-14-6-4-5-7-17(14)24/h4-9,12-13H,3,10-11H2,1-2H3,(H2,21,26,27)/t13-/m1/s1. The van der Waals surface area contributed by atoms with Crippen molar-refractivity contribution in [2.75, 3.05) is 11.4 Å². The molecule has 2 heterocycles. The Balaban J connectivity index is 1.62. The van der Waals surface area contributed by atoms with Crippen molar-refractivity contribution in [1.29, 1.82) is 0 Å². The highest BCUT2D eigenvalue weighted by Crippen LogP contribution is 2.33. The van der Waals surface area contributed by atoms with Crippen molar-refractivity contribution < 1.29 is 13.2 Å². The van der Waals surface area contributed by atoms with Gasteiger partial charge in [0.25, 0.3) is 0 Å². The fourth-order valence-electron chi connectivity index (χ4n) is 3.66. The number of carbonyl (C=O) groups excluding carboxylic acids is 1. The van der Waals surface area contributed by atoms with Gasteiger partial charge >= 0.3 is 0 Å². The number of sulfonamides is 1. The Kier molecular flexibility index (Phi) is 5.14. The minimum absolute atomic E-state index is 0.0279. The van der Waals surface area contributed by atoms with Gasteiger partial charge in [0, 0.05) is 18.8 Å². The van der Waals surface area contributed by atoms with Gasteiger partial charge in [-0.3, -0.25) is 4.79 Å². The Hall–Kier alpha value is -2.36. The van der Waals surface area contributed by atoms with Crippen LogP contribution >= 0.6 is 11.8 Å². The second kappa shape index (κ2) is 7.47. The van der Waals surface area contributed by atoms with Gasteiger partial charge in [0.15, 0.2) is 5.16 Å². The van der Waals surface area contributed by atoms with Gasteiger partial charge in [0.2, 0.25) is 15.9 Å². The molecule has 0 radical (unpaired) electrons. The summed E-state index contributed by atoms with van der Waals surface area (Å²) in [5.41, 5.74) is 3.53. The highest BCUT2D eigenvalue weighted by atomic mass is 32.2. The predicted octanol–water partition coefficient (Wildman–Crippen LogP) is 2.77. The zero-order valence-corrected chi connectivity index (χ0v) is 17.8. The van der Waals surface area contributed by atoms with Crippen LogP contribution < -0.4 is 10.0 Å². The van der Waals surface area contributed by atoms with Gasteiger partial charge in [-0.25, -0.2) is 18.5 Å². The Morgan fingerprint density at radius 2 is 2.03 bits per heavy atom. The molecule has 0 unspecified atom stereocenters. The van der Waals surface area contributed by atoms with Crippen LogP contribution in [0.2, 0.25) is 0 Å². The molecular formula is C20H22N4O3S2. The van der Waals surface area contributed by atoms with Gasteiger partial charge < -0.3 is 9.47 Å². The number of hydrogen-bond acceptors (Lipinski definition) is 5. The molecule has 3 aromatic rings. The van der Waals surface area contributed by atoms with E-state index in [1.165, 1.54) is 29.5 Å². The molecule has 1 aliphatic heterocycles. The number of benzene rings is 2. The van der Waals surface area contributed by atoms with E-state index < -0.39 is 10.0 Å². The Bertz CT molecular complexity index is 1200. The van der Waals surface area contributed by atoms with Crippen molar-refractivity contribution in [1.82, 2.24) is 9.55 Å². The number of para-hydroxylation sites is 1. The summed E-state index contributed by atoms with van der Waals surface area (Å²) in [5.74, 6) is 0.0416. The van der Waals surface area contributed by atoms with Crippen LogP contribution in [-0.2, 0) is 27.8 Å². The molecule has 0 fully saturated rings. The number of nitrogens with zero attached hydrogens (tertiary/aromatic N) is 3. The summed E-state index contributed by atoms with van der Waals surface area (Å²) >= 11 is 1.38. The number of anilines is 1. The van der Waals surface area contributed by atoms with Crippen molar-refractivity contribution in [3.05, 3.63) is 48.0 Å². The highest BCUT2D eigenvalue weighted by Gasteiger charge is 2.29. The summed E-state index contributed by atoms with van der Waals surface area (Å²) in [7, 11) is -3.80. The summed E-state index contributed by atoms with van der Waals surface area (Å²) in [5, 5.41) is 5.59. The normalized spacial score (nSPS) is 14.9. The average molecular weight is 431 g/mol. The first kappa shape index (κ1) is 19.9. The van der Waals surface area contributed by atoms with Crippen LogP contribution in [0.15, 0.2) is 52.5 Å². The lowest BCUT2D eigenvalue weighted by molar-refractivity contribution is -0.117. The number of imidazole rings is 1. The molecule has 1 aromatic heterocycles. The number of fused-ring (bicyclic) bond motifs is 2. The van der Waals surface area contributed by atoms with E-state index in [0.29, 0.717) is 23.8 Å². The van der Waals surface area contributed by atoms with E-state index >= 15 is 0 Å². The number of aromatic nitrogens is 2. The lowest BCUT2D eigenvalue weighted by Crippen LogP contribution is -2.35. The molecule has 1 atom stereocenters. The third-order valence-electron chi connectivity index (χ3n) is 5.11. The van der Waals surface area contributed by atoms with Crippen LogP contribution in [0.1, 0.15) is 19.4 Å². The van der Waals surface area contributed by atoms with Crippen LogP contribution in [0.5, 0.6) is 0 Å². The summed E-state index contributed by atoms with van der Waals surface area (Å²) in [4.78, 5) is 19.5. The molecule has 1 aliphatic rings. The van der Waals surface area contributed by atoms with Crippen molar-refractivity contribution >= 4 is 44.4 Å². The van der Waals surface area contributed by atoms with Gasteiger partial charge in [0.05, 0.1) is 21.2 Å². The number of primary sulfonamides is 1. The van der Waals surface area contributed by atoms with Gasteiger partial charge in [-0.2, -0.15) is 0 Å². The SMILES string of the molecule is CCn1c(S[C@H](C)C(=O)N2CCc3ccccc32)nc2cc(S(N)(=O)=O)ccc21. The Labute approximate surface area is 174 Å². The molecule has 2 N–H and O–H groups in total. The summed E-state index contributed by atoms with van der Waals surface area (Å²) in [6, 6.07) is 12.6. The fourth-order valence-corrected chi connectivity index (χ4v) is 5.24. The summed E-state index contributed by atoms with van der Waals surface area (Å²) < 4.78 is 25.3. The summed E-state index contributed by atoms with van der Waals surface area (Å²) in [6.45, 7) is 5.21. The van der Waals surface area contributed by atoms with Gasteiger partial charge in [-0.1, -0.05) is 30.0 Å². The van der Waals surface area contributed by atoms with E-state index in [1.54, 1.807) is 6.07 Å². The lowest BCUT2D eigenvalue weighted by atomic mass is 10.2. The molecule has 0 saturated heterocycles. The van der Waals surface area contributed by atoms with Gasteiger partial charge in [0.1, 0.15) is 0 Å². The van der Waals surface area contributed by atoms with Crippen molar-refractivity contribution in [3.63, 3.8) is 0 Å². The topological polar surface area (TPSA) is 98.3 Å². The average Bonchev–Trinajstić information content (AvgIpc) is 3.26. The van der Waals surface area contributed by atoms with E-state index in [-0.39, 0.29) is 16.1 Å². The van der Waals surface area contributed by atoms with Crippen molar-refractivity contribution in [3.8, 4) is 0 Å². The molecule has 2 aromatic carbocycles. The molecule has 9 heteroatoms. The third-order valence-corrected chi connectivity index (χ3v) is 7.10. The second-order valence-corrected chi connectivity index (χ2v) is 9.83. The molecule has 0 bridgehead atoms. The molecule has 0 aliphatic carbocycles. The van der Waals surface area contributed by atoms with Gasteiger partial charge in [-0.05, 0) is 50.1 Å². The largest absolute Gasteiger partial charge is 0.319 e. The first-order valence-corrected chi connectivity index (χ1v) is 11.8. The first-order chi connectivity index (χ1) is 13.8. The van der Waals surface area contributed by atoms with Crippen LogP contribution in [0.3, 0.4) is 0 Å². The number of hydrogen-bond donors (Lipinski definition) is 1. The molecule has 4 rings (SSSR count). The number of carbonyl (C=O) groups is 1. The van der Waals surface area contributed by atoms with E-state index in [1.807, 2.05) is 41.5 Å². The molecule has 0 spiro atoms. The maximum atomic E-state index is 13.1. The molecule has 7 nitrogen and oxygen atoms in total. The monoisotopic (exact) mass is 430 g/mol. The number of thioether (sulfide) groups is 1. The van der Waals surface area contributed by atoms with Crippen LogP contribution in [-0.4, -0.2) is 35.7 Å². The summed E-state index contributed by atoms with van der Waals surface area (Å²) in [6.07, 6.45) is 0.864. The van der Waals surface area contributed by atoms with Crippen molar-refractivity contribution in [2.45, 2.75) is 42.1 Å². The van der Waals surface area contributed by atoms with E-state index in [9.17, 15) is 13.2 Å². The molecule has 1 amide bonds. The van der Waals surface area contributed by atoms with Crippen LogP contribution in [0.4, 0.5) is 5.69 Å². The zero-order chi connectivity index (χ0) is 20.8. The van der Waals surface area contributed by atoms with Crippen molar-refractivity contribution in [2.24, 2.45) is 5.14 Å². The number of aryl methyl sites for hydroxylation is 1. The number of nitrogens with two attached hydrogens (primary N) is 1. The predicted molar refractivity (Wildman–Crippen MR) is 115 cm³/mol. The van der Waals surface area contributed by atoms with Crippen LogP contribution in [0.25, 0.3) is 11.0 Å². The lowest BCUT2D eigenvalue weighted by Gasteiger charge is -2.21. The second-order valence-electron chi connectivity index (χ2n) is 6.96. The zero-order valence-electron chi connectivity index (χ0n) is 16.2. The quantitative estimate of drug-likeness (QED) is 0.628. The molecule has 0 saturated carbocycles. The van der Waals surface area contributed by atoms with Gasteiger partial charge in [-0.15, -0.1) is 0 Å². The maximum absolute atomic E-state index is 13.1. The highest BCUT2D eigenvalue weighted by molar-refractivity contribution is 8.00. The third kappa shape index (κ3) is 3.65. The Morgan fingerprint density at radius 3 is 2.76 bits per heavy atom. The van der Waals surface area contributed by atoms with E-state index in [2.05, 4.69) is 11.1 Å². The fraction of sp³-hybridized carbons (Fsp3) is 0.300. The number of amides is 1. The minimum atomic E-state index is -3.80. The van der Waals surface area contributed by atoms with E-state index in [4.69, 9.17) is 5.14 Å². The molecule has 29 heavy (non-hydrogen) atoms. The maximum Gasteiger partial charge on any atom is 0.240 e. The smallest absolute Gasteiger partial charge is 0.240 e. The van der Waals surface area contributed by atoms with E-state index in [0.717, 1.165) is 17.6 Å².